The Morgan fingerprint density at radius 3 is 2.35 bits per heavy atom. The van der Waals surface area contributed by atoms with E-state index in [2.05, 4.69) is 20.9 Å². The van der Waals surface area contributed by atoms with Crippen molar-refractivity contribution < 1.29 is 33.1 Å². The first kappa shape index (κ1) is 38.8. The van der Waals surface area contributed by atoms with E-state index in [9.17, 15) is 19.2 Å². The van der Waals surface area contributed by atoms with Gasteiger partial charge in [0.15, 0.2) is 5.76 Å². The third-order valence-corrected chi connectivity index (χ3v) is 10.8. The standard InChI is InChI=1S/C41H51N5O7S/c1-23(25-11-13-26(14-12-25)34-24(2)42-22-54-34)43-36(47)31-10-9-17-46(31)38(49)35(40(3,4)5)45-37(48)33-19-27-18-29(15-16-32(27)52-33)51-30-20-28(21-30)44-39(50)53-41(6,7)8/h11-16,18-19,22-23,28,30-31,35H,9-10,17,20-21H2,1-8H3,(H,43,47)(H,44,50)(H,45,48)/t23-,28?,30?,31-,35?/m0/s1. The van der Waals surface area contributed by atoms with Crippen LogP contribution in [0.25, 0.3) is 21.4 Å². The molecule has 4 amide bonds. The van der Waals surface area contributed by atoms with Gasteiger partial charge in [-0.05, 0) is 88.3 Å². The molecule has 54 heavy (non-hydrogen) atoms. The largest absolute Gasteiger partial charge is 0.490 e. The molecule has 0 bridgehead atoms. The second-order valence-electron chi connectivity index (χ2n) is 16.4. The number of nitrogens with one attached hydrogen (secondary N) is 3. The van der Waals surface area contributed by atoms with Gasteiger partial charge in [0, 0.05) is 30.8 Å². The molecule has 0 radical (unpaired) electrons. The third-order valence-electron chi connectivity index (χ3n) is 9.83. The van der Waals surface area contributed by atoms with E-state index in [-0.39, 0.29) is 35.8 Å². The number of likely N-dealkylation sites (tertiary alicyclic amines) is 1. The molecular formula is C41H51N5O7S. The predicted octanol–water partition coefficient (Wildman–Crippen LogP) is 7.31. The predicted molar refractivity (Wildman–Crippen MR) is 207 cm³/mol. The van der Waals surface area contributed by atoms with Gasteiger partial charge in [0.05, 0.1) is 22.1 Å². The number of nitrogens with zero attached hydrogens (tertiary/aromatic N) is 2. The van der Waals surface area contributed by atoms with Gasteiger partial charge in [0.2, 0.25) is 11.8 Å². The molecule has 2 aliphatic rings. The molecule has 1 unspecified atom stereocenters. The number of thiazole rings is 1. The molecule has 3 atom stereocenters. The first-order valence-electron chi connectivity index (χ1n) is 18.6. The van der Waals surface area contributed by atoms with E-state index in [0.29, 0.717) is 48.9 Å². The number of carbonyl (C=O) groups is 4. The fourth-order valence-electron chi connectivity index (χ4n) is 6.87. The Balaban J connectivity index is 1.06. The van der Waals surface area contributed by atoms with Crippen molar-refractivity contribution in [3.05, 3.63) is 71.1 Å². The van der Waals surface area contributed by atoms with Crippen molar-refractivity contribution in [3.8, 4) is 16.2 Å². The maximum Gasteiger partial charge on any atom is 0.407 e. The zero-order valence-electron chi connectivity index (χ0n) is 32.3. The van der Waals surface area contributed by atoms with Gasteiger partial charge in [-0.3, -0.25) is 14.4 Å². The van der Waals surface area contributed by atoms with Crippen LogP contribution in [0.3, 0.4) is 0 Å². The van der Waals surface area contributed by atoms with Crippen LogP contribution in [-0.4, -0.2) is 70.1 Å². The van der Waals surface area contributed by atoms with Crippen LogP contribution in [0.15, 0.2) is 58.5 Å². The van der Waals surface area contributed by atoms with Gasteiger partial charge >= 0.3 is 6.09 Å². The smallest absolute Gasteiger partial charge is 0.407 e. The Kier molecular flexibility index (Phi) is 11.1. The van der Waals surface area contributed by atoms with Crippen LogP contribution in [0, 0.1) is 12.3 Å². The molecule has 2 aromatic heterocycles. The van der Waals surface area contributed by atoms with Crippen molar-refractivity contribution in [1.82, 2.24) is 25.8 Å². The van der Waals surface area contributed by atoms with Crippen LogP contribution in [0.2, 0.25) is 0 Å². The number of alkyl carbamates (subject to hydrolysis) is 1. The molecule has 1 saturated carbocycles. The van der Waals surface area contributed by atoms with E-state index in [1.54, 1.807) is 34.4 Å². The average molecular weight is 758 g/mol. The molecule has 4 aromatic rings. The Bertz CT molecular complexity index is 2000. The maximum atomic E-state index is 14.2. The minimum atomic E-state index is -0.911. The highest BCUT2D eigenvalue weighted by atomic mass is 32.1. The number of aromatic nitrogens is 1. The van der Waals surface area contributed by atoms with Gasteiger partial charge in [0.25, 0.3) is 5.91 Å². The number of furan rings is 1. The molecule has 0 spiro atoms. The van der Waals surface area contributed by atoms with Gasteiger partial charge in [-0.15, -0.1) is 11.3 Å². The zero-order chi connectivity index (χ0) is 38.9. The Morgan fingerprint density at radius 1 is 0.981 bits per heavy atom. The maximum absolute atomic E-state index is 14.2. The molecule has 1 saturated heterocycles. The van der Waals surface area contributed by atoms with E-state index >= 15 is 0 Å². The summed E-state index contributed by atoms with van der Waals surface area (Å²) in [5.41, 5.74) is 4.14. The summed E-state index contributed by atoms with van der Waals surface area (Å²) in [4.78, 5) is 60.5. The van der Waals surface area contributed by atoms with Crippen LogP contribution in [0.1, 0.15) is 102 Å². The van der Waals surface area contributed by atoms with Crippen molar-refractivity contribution in [1.29, 1.82) is 0 Å². The first-order valence-corrected chi connectivity index (χ1v) is 19.4. The molecule has 3 heterocycles. The van der Waals surface area contributed by atoms with Crippen LogP contribution in [-0.2, 0) is 14.3 Å². The monoisotopic (exact) mass is 757 g/mol. The number of carbonyl (C=O) groups excluding carboxylic acids is 4. The first-order chi connectivity index (χ1) is 25.4. The highest BCUT2D eigenvalue weighted by molar-refractivity contribution is 7.13. The summed E-state index contributed by atoms with van der Waals surface area (Å²) < 4.78 is 17.4. The molecular weight excluding hydrogens is 707 g/mol. The lowest BCUT2D eigenvalue weighted by molar-refractivity contribution is -0.142. The fourth-order valence-corrected chi connectivity index (χ4v) is 7.68. The average Bonchev–Trinajstić information content (AvgIpc) is 3.84. The van der Waals surface area contributed by atoms with Crippen molar-refractivity contribution in [2.24, 2.45) is 5.41 Å². The highest BCUT2D eigenvalue weighted by Gasteiger charge is 2.42. The van der Waals surface area contributed by atoms with Gasteiger partial charge in [-0.2, -0.15) is 0 Å². The van der Waals surface area contributed by atoms with Crippen LogP contribution < -0.4 is 20.7 Å². The second kappa shape index (κ2) is 15.4. The normalized spacial score (nSPS) is 19.8. The lowest BCUT2D eigenvalue weighted by Crippen LogP contribution is -2.57. The zero-order valence-corrected chi connectivity index (χ0v) is 33.1. The molecule has 6 rings (SSSR count). The van der Waals surface area contributed by atoms with Crippen molar-refractivity contribution in [2.75, 3.05) is 6.54 Å². The van der Waals surface area contributed by atoms with E-state index in [0.717, 1.165) is 21.7 Å². The summed E-state index contributed by atoms with van der Waals surface area (Å²) >= 11 is 1.59. The summed E-state index contributed by atoms with van der Waals surface area (Å²) in [6, 6.07) is 13.2. The summed E-state index contributed by atoms with van der Waals surface area (Å²) in [6.07, 6.45) is 2.01. The van der Waals surface area contributed by atoms with Gasteiger partial charge in [-0.25, -0.2) is 9.78 Å². The molecule has 13 heteroatoms. The molecule has 12 nitrogen and oxygen atoms in total. The molecule has 288 valence electrons. The quantitative estimate of drug-likeness (QED) is 0.152. The Morgan fingerprint density at radius 2 is 1.70 bits per heavy atom. The molecule has 2 aromatic carbocycles. The van der Waals surface area contributed by atoms with E-state index in [1.165, 1.54) is 0 Å². The van der Waals surface area contributed by atoms with Gasteiger partial charge in [-0.1, -0.05) is 45.0 Å². The number of rotatable bonds is 10. The Labute approximate surface area is 320 Å². The molecule has 3 N–H and O–H groups in total. The van der Waals surface area contributed by atoms with Crippen molar-refractivity contribution >= 4 is 46.1 Å². The van der Waals surface area contributed by atoms with E-state index in [1.807, 2.05) is 91.2 Å². The van der Waals surface area contributed by atoms with Crippen LogP contribution in [0.5, 0.6) is 5.75 Å². The number of amides is 4. The SMILES string of the molecule is Cc1ncsc1-c1ccc([C@H](C)NC(=O)[C@@H]2CCCN2C(=O)C(NC(=O)c2cc3cc(OC4CC(NC(=O)OC(C)(C)C)C4)ccc3o2)C(C)(C)C)cc1. The van der Waals surface area contributed by atoms with Crippen molar-refractivity contribution in [3.63, 3.8) is 0 Å². The summed E-state index contributed by atoms with van der Waals surface area (Å²) in [6.45, 7) is 15.5. The van der Waals surface area contributed by atoms with E-state index in [4.69, 9.17) is 13.9 Å². The number of ether oxygens (including phenoxy) is 2. The van der Waals surface area contributed by atoms with Gasteiger partial charge < -0.3 is 34.7 Å². The number of hydrogen-bond donors (Lipinski definition) is 3. The van der Waals surface area contributed by atoms with Crippen LogP contribution >= 0.6 is 11.3 Å². The highest BCUT2D eigenvalue weighted by Crippen LogP contribution is 2.32. The number of benzene rings is 2. The second-order valence-corrected chi connectivity index (χ2v) is 17.3. The topological polar surface area (TPSA) is 152 Å². The number of aryl methyl sites for hydroxylation is 1. The third kappa shape index (κ3) is 9.06. The van der Waals surface area contributed by atoms with E-state index < -0.39 is 35.1 Å². The lowest BCUT2D eigenvalue weighted by atomic mass is 9.85. The lowest BCUT2D eigenvalue weighted by Gasteiger charge is -2.36. The summed E-state index contributed by atoms with van der Waals surface area (Å²) in [5.74, 6) is -0.369. The fraction of sp³-hybridized carbons (Fsp3) is 0.488. The number of hydrogen-bond acceptors (Lipinski definition) is 9. The molecule has 2 fully saturated rings. The Hall–Kier alpha value is -4.91. The summed E-state index contributed by atoms with van der Waals surface area (Å²) in [7, 11) is 0. The van der Waals surface area contributed by atoms with Gasteiger partial charge in [0.1, 0.15) is 35.1 Å². The molecule has 1 aliphatic carbocycles. The van der Waals surface area contributed by atoms with Crippen LogP contribution in [0.4, 0.5) is 4.79 Å². The minimum absolute atomic E-state index is 0.0207. The summed E-state index contributed by atoms with van der Waals surface area (Å²) in [5, 5.41) is 9.58. The number of fused-ring (bicyclic) bond motifs is 1. The molecule has 1 aliphatic heterocycles. The minimum Gasteiger partial charge on any atom is -0.490 e. The van der Waals surface area contributed by atoms with Crippen molar-refractivity contribution in [2.45, 2.75) is 117 Å².